The van der Waals surface area contributed by atoms with Crippen molar-refractivity contribution in [2.45, 2.75) is 33.2 Å². The Labute approximate surface area is 83.1 Å². The zero-order chi connectivity index (χ0) is 10.3. The van der Waals surface area contributed by atoms with Gasteiger partial charge in [-0.3, -0.25) is 4.90 Å². The lowest BCUT2D eigenvalue weighted by molar-refractivity contribution is -0.927. The highest BCUT2D eigenvalue weighted by Crippen LogP contribution is 2.28. The molecule has 0 aromatic rings. The SMILES string of the molecule is CC(C)CN1CC(C)(C)[N+](C)(C)C1. The fourth-order valence-electron chi connectivity index (χ4n) is 2.12. The second kappa shape index (κ2) is 3.25. The summed E-state index contributed by atoms with van der Waals surface area (Å²) in [5.41, 5.74) is 0.412. The van der Waals surface area contributed by atoms with Gasteiger partial charge in [-0.2, -0.15) is 0 Å². The average molecular weight is 185 g/mol. The minimum Gasteiger partial charge on any atom is -0.311 e. The maximum absolute atomic E-state index is 2.59. The van der Waals surface area contributed by atoms with Crippen LogP contribution in [0.25, 0.3) is 0 Å². The topological polar surface area (TPSA) is 3.24 Å². The Morgan fingerprint density at radius 2 is 1.85 bits per heavy atom. The van der Waals surface area contributed by atoms with Crippen LogP contribution in [0.2, 0.25) is 0 Å². The number of quaternary nitrogens is 1. The van der Waals surface area contributed by atoms with Crippen molar-refractivity contribution in [3.05, 3.63) is 0 Å². The Balaban J connectivity index is 2.60. The molecule has 1 aliphatic heterocycles. The van der Waals surface area contributed by atoms with E-state index >= 15 is 0 Å². The van der Waals surface area contributed by atoms with E-state index in [4.69, 9.17) is 0 Å². The first-order valence-electron chi connectivity index (χ1n) is 5.30. The van der Waals surface area contributed by atoms with Gasteiger partial charge in [-0.15, -0.1) is 0 Å². The zero-order valence-corrected chi connectivity index (χ0v) is 10.1. The Morgan fingerprint density at radius 1 is 1.31 bits per heavy atom. The van der Waals surface area contributed by atoms with Gasteiger partial charge in [0, 0.05) is 6.54 Å². The van der Waals surface area contributed by atoms with Crippen molar-refractivity contribution in [1.29, 1.82) is 0 Å². The van der Waals surface area contributed by atoms with Crippen LogP contribution in [0, 0.1) is 5.92 Å². The largest absolute Gasteiger partial charge is 0.311 e. The van der Waals surface area contributed by atoms with Gasteiger partial charge < -0.3 is 4.48 Å². The predicted octanol–water partition coefficient (Wildman–Crippen LogP) is 1.77. The minimum absolute atomic E-state index is 0.412. The van der Waals surface area contributed by atoms with Gasteiger partial charge in [-0.25, -0.2) is 0 Å². The molecular formula is C11H25N2+. The van der Waals surface area contributed by atoms with E-state index in [1.807, 2.05) is 0 Å². The van der Waals surface area contributed by atoms with Crippen LogP contribution in [0.1, 0.15) is 27.7 Å². The third-order valence-corrected chi connectivity index (χ3v) is 3.43. The van der Waals surface area contributed by atoms with Gasteiger partial charge in [0.2, 0.25) is 0 Å². The van der Waals surface area contributed by atoms with Crippen LogP contribution in [0.4, 0.5) is 0 Å². The van der Waals surface area contributed by atoms with E-state index < -0.39 is 0 Å². The van der Waals surface area contributed by atoms with Crippen molar-refractivity contribution in [2.75, 3.05) is 33.9 Å². The van der Waals surface area contributed by atoms with Gasteiger partial charge in [0.1, 0.15) is 12.2 Å². The molecule has 2 heteroatoms. The molecule has 0 bridgehead atoms. The predicted molar refractivity (Wildman–Crippen MR) is 57.5 cm³/mol. The van der Waals surface area contributed by atoms with Crippen LogP contribution in [0.15, 0.2) is 0 Å². The molecule has 0 aromatic heterocycles. The first kappa shape index (κ1) is 11.0. The van der Waals surface area contributed by atoms with Gasteiger partial charge in [0.25, 0.3) is 0 Å². The van der Waals surface area contributed by atoms with Crippen LogP contribution in [0.3, 0.4) is 0 Å². The summed E-state index contributed by atoms with van der Waals surface area (Å²) in [5.74, 6) is 0.786. The summed E-state index contributed by atoms with van der Waals surface area (Å²) >= 11 is 0. The summed E-state index contributed by atoms with van der Waals surface area (Å²) in [5, 5.41) is 0. The first-order chi connectivity index (χ1) is 5.74. The molecule has 2 nitrogen and oxygen atoms in total. The third kappa shape index (κ3) is 2.23. The van der Waals surface area contributed by atoms with Crippen LogP contribution < -0.4 is 0 Å². The highest BCUT2D eigenvalue weighted by Gasteiger charge is 2.45. The third-order valence-electron chi connectivity index (χ3n) is 3.43. The Kier molecular flexibility index (Phi) is 2.75. The Hall–Kier alpha value is -0.0800. The Morgan fingerprint density at radius 3 is 2.15 bits per heavy atom. The highest BCUT2D eigenvalue weighted by atomic mass is 15.5. The molecule has 0 amide bonds. The van der Waals surface area contributed by atoms with Gasteiger partial charge >= 0.3 is 0 Å². The second-order valence-electron chi connectivity index (χ2n) is 6.04. The maximum atomic E-state index is 2.59. The van der Waals surface area contributed by atoms with Crippen LogP contribution >= 0.6 is 0 Å². The molecule has 0 radical (unpaired) electrons. The molecule has 0 unspecified atom stereocenters. The van der Waals surface area contributed by atoms with E-state index in [1.54, 1.807) is 0 Å². The first-order valence-corrected chi connectivity index (χ1v) is 5.30. The minimum atomic E-state index is 0.412. The molecule has 0 atom stereocenters. The number of likely N-dealkylation sites (N-methyl/N-ethyl adjacent to an activating group) is 1. The normalized spacial score (nSPS) is 27.0. The molecule has 1 aliphatic rings. The number of hydrogen-bond donors (Lipinski definition) is 0. The lowest BCUT2D eigenvalue weighted by atomic mass is 10.0. The fraction of sp³-hybridized carbons (Fsp3) is 1.00. The van der Waals surface area contributed by atoms with Gasteiger partial charge in [0.05, 0.1) is 20.6 Å². The average Bonchev–Trinajstić information content (AvgIpc) is 1.98. The lowest BCUT2D eigenvalue weighted by Crippen LogP contribution is -2.52. The number of nitrogens with zero attached hydrogens (tertiary/aromatic N) is 2. The molecule has 0 aromatic carbocycles. The van der Waals surface area contributed by atoms with Gasteiger partial charge in [0.15, 0.2) is 0 Å². The van der Waals surface area contributed by atoms with Gasteiger partial charge in [-0.05, 0) is 19.8 Å². The summed E-state index contributed by atoms with van der Waals surface area (Å²) < 4.78 is 1.12. The molecule has 1 fully saturated rings. The molecular weight excluding hydrogens is 160 g/mol. The molecule has 0 spiro atoms. The summed E-state index contributed by atoms with van der Waals surface area (Å²) in [7, 11) is 4.67. The van der Waals surface area contributed by atoms with E-state index in [2.05, 4.69) is 46.7 Å². The van der Waals surface area contributed by atoms with Crippen molar-refractivity contribution >= 4 is 0 Å². The van der Waals surface area contributed by atoms with E-state index in [1.165, 1.54) is 19.8 Å². The van der Waals surface area contributed by atoms with E-state index in [-0.39, 0.29) is 0 Å². The second-order valence-corrected chi connectivity index (χ2v) is 6.04. The quantitative estimate of drug-likeness (QED) is 0.593. The molecule has 0 saturated carbocycles. The molecule has 78 valence electrons. The molecule has 0 aliphatic carbocycles. The fourth-order valence-corrected chi connectivity index (χ4v) is 2.12. The van der Waals surface area contributed by atoms with E-state index in [9.17, 15) is 0 Å². The maximum Gasteiger partial charge on any atom is 0.135 e. The lowest BCUT2D eigenvalue weighted by Gasteiger charge is -2.36. The summed E-state index contributed by atoms with van der Waals surface area (Å²) in [6.45, 7) is 13.0. The van der Waals surface area contributed by atoms with Crippen LogP contribution in [-0.2, 0) is 0 Å². The summed E-state index contributed by atoms with van der Waals surface area (Å²) in [6, 6.07) is 0. The van der Waals surface area contributed by atoms with Crippen LogP contribution in [0.5, 0.6) is 0 Å². The number of rotatable bonds is 2. The molecule has 1 saturated heterocycles. The van der Waals surface area contributed by atoms with E-state index in [0.717, 1.165) is 10.4 Å². The molecule has 1 rings (SSSR count). The summed E-state index contributed by atoms with van der Waals surface area (Å²) in [4.78, 5) is 2.59. The van der Waals surface area contributed by atoms with Crippen molar-refractivity contribution < 1.29 is 4.48 Å². The molecule has 1 heterocycles. The number of hydrogen-bond acceptors (Lipinski definition) is 1. The van der Waals surface area contributed by atoms with Crippen molar-refractivity contribution in [3.63, 3.8) is 0 Å². The van der Waals surface area contributed by atoms with Crippen molar-refractivity contribution in [3.8, 4) is 0 Å². The zero-order valence-electron chi connectivity index (χ0n) is 10.1. The highest BCUT2D eigenvalue weighted by molar-refractivity contribution is 4.80. The Bertz CT molecular complexity index is 167. The monoisotopic (exact) mass is 185 g/mol. The molecule has 13 heavy (non-hydrogen) atoms. The smallest absolute Gasteiger partial charge is 0.135 e. The molecule has 0 N–H and O–H groups in total. The van der Waals surface area contributed by atoms with Crippen molar-refractivity contribution in [1.82, 2.24) is 4.90 Å². The summed E-state index contributed by atoms with van der Waals surface area (Å²) in [6.07, 6.45) is 0. The van der Waals surface area contributed by atoms with Crippen molar-refractivity contribution in [2.24, 2.45) is 5.92 Å². The van der Waals surface area contributed by atoms with Gasteiger partial charge in [-0.1, -0.05) is 13.8 Å². The van der Waals surface area contributed by atoms with Crippen LogP contribution in [-0.4, -0.2) is 48.8 Å². The van der Waals surface area contributed by atoms with E-state index in [0.29, 0.717) is 5.54 Å². The standard InChI is InChI=1S/C11H25N2/c1-10(2)7-12-8-11(3,4)13(5,6)9-12/h10H,7-9H2,1-6H3/q+1.